The number of carbonyl (C=O) groups excluding carboxylic acids is 1. The van der Waals surface area contributed by atoms with Gasteiger partial charge in [0.15, 0.2) is 0 Å². The molecule has 0 aliphatic carbocycles. The average molecular weight is 300 g/mol. The molecular formula is C17H24N4O. The second-order valence-corrected chi connectivity index (χ2v) is 5.85. The highest BCUT2D eigenvalue weighted by molar-refractivity contribution is 5.86. The summed E-state index contributed by atoms with van der Waals surface area (Å²) in [5.41, 5.74) is 9.29. The SMILES string of the molecule is Cc1nn(C)c(C)c1CCNC(=O)C(C)(N)c1ccccc1. The Balaban J connectivity index is 1.98. The Morgan fingerprint density at radius 3 is 2.50 bits per heavy atom. The van der Waals surface area contributed by atoms with Crippen LogP contribution in [0.3, 0.4) is 0 Å². The van der Waals surface area contributed by atoms with Crippen LogP contribution in [0.5, 0.6) is 0 Å². The van der Waals surface area contributed by atoms with Crippen molar-refractivity contribution in [1.29, 1.82) is 0 Å². The number of aromatic nitrogens is 2. The minimum absolute atomic E-state index is 0.169. The molecule has 1 unspecified atom stereocenters. The number of carbonyl (C=O) groups is 1. The van der Waals surface area contributed by atoms with E-state index in [4.69, 9.17) is 5.73 Å². The Labute approximate surface area is 131 Å². The summed E-state index contributed by atoms with van der Waals surface area (Å²) >= 11 is 0. The van der Waals surface area contributed by atoms with Crippen molar-refractivity contribution in [3.05, 3.63) is 52.8 Å². The molecule has 0 aliphatic heterocycles. The highest BCUT2D eigenvalue weighted by Crippen LogP contribution is 2.17. The molecule has 0 saturated carbocycles. The van der Waals surface area contributed by atoms with Crippen LogP contribution in [0.15, 0.2) is 30.3 Å². The van der Waals surface area contributed by atoms with Crippen molar-refractivity contribution in [3.63, 3.8) is 0 Å². The van der Waals surface area contributed by atoms with Gasteiger partial charge in [0.05, 0.1) is 5.69 Å². The summed E-state index contributed by atoms with van der Waals surface area (Å²) in [6, 6.07) is 9.42. The lowest BCUT2D eigenvalue weighted by Crippen LogP contribution is -2.49. The summed E-state index contributed by atoms with van der Waals surface area (Å²) in [5.74, 6) is -0.169. The summed E-state index contributed by atoms with van der Waals surface area (Å²) < 4.78 is 1.86. The third-order valence-electron chi connectivity index (χ3n) is 4.16. The van der Waals surface area contributed by atoms with Gasteiger partial charge in [0.2, 0.25) is 5.91 Å². The normalized spacial score (nSPS) is 13.7. The Morgan fingerprint density at radius 2 is 1.95 bits per heavy atom. The van der Waals surface area contributed by atoms with Gasteiger partial charge in [0.25, 0.3) is 0 Å². The first kappa shape index (κ1) is 16.2. The lowest BCUT2D eigenvalue weighted by Gasteiger charge is -2.24. The number of aryl methyl sites for hydroxylation is 2. The zero-order valence-electron chi connectivity index (χ0n) is 13.7. The first-order valence-corrected chi connectivity index (χ1v) is 7.46. The first-order chi connectivity index (χ1) is 10.3. The predicted molar refractivity (Wildman–Crippen MR) is 87.4 cm³/mol. The Morgan fingerprint density at radius 1 is 1.32 bits per heavy atom. The zero-order chi connectivity index (χ0) is 16.3. The van der Waals surface area contributed by atoms with Crippen molar-refractivity contribution >= 4 is 5.91 Å². The van der Waals surface area contributed by atoms with Gasteiger partial charge in [-0.25, -0.2) is 0 Å². The summed E-state index contributed by atoms with van der Waals surface area (Å²) in [7, 11) is 1.93. The Bertz CT molecular complexity index is 659. The summed E-state index contributed by atoms with van der Waals surface area (Å²) in [6.07, 6.45) is 0.752. The van der Waals surface area contributed by atoms with Gasteiger partial charge < -0.3 is 11.1 Å². The number of benzene rings is 1. The molecule has 118 valence electrons. The average Bonchev–Trinajstić information content (AvgIpc) is 2.74. The van der Waals surface area contributed by atoms with Crippen LogP contribution >= 0.6 is 0 Å². The van der Waals surface area contributed by atoms with E-state index in [1.807, 2.05) is 55.9 Å². The molecule has 2 rings (SSSR count). The molecule has 1 aromatic heterocycles. The van der Waals surface area contributed by atoms with Crippen LogP contribution in [0.25, 0.3) is 0 Å². The van der Waals surface area contributed by atoms with Crippen LogP contribution in [-0.4, -0.2) is 22.2 Å². The fourth-order valence-electron chi connectivity index (χ4n) is 2.58. The van der Waals surface area contributed by atoms with Gasteiger partial charge >= 0.3 is 0 Å². The topological polar surface area (TPSA) is 72.9 Å². The summed E-state index contributed by atoms with van der Waals surface area (Å²) in [4.78, 5) is 12.4. The van der Waals surface area contributed by atoms with E-state index in [1.165, 1.54) is 5.56 Å². The van der Waals surface area contributed by atoms with Crippen LogP contribution in [0.2, 0.25) is 0 Å². The second-order valence-electron chi connectivity index (χ2n) is 5.85. The van der Waals surface area contributed by atoms with Gasteiger partial charge in [-0.05, 0) is 38.3 Å². The number of nitrogens with one attached hydrogen (secondary N) is 1. The minimum Gasteiger partial charge on any atom is -0.354 e. The molecular weight excluding hydrogens is 276 g/mol. The number of nitrogens with zero attached hydrogens (tertiary/aromatic N) is 2. The van der Waals surface area contributed by atoms with Gasteiger partial charge in [-0.3, -0.25) is 9.48 Å². The molecule has 0 saturated heterocycles. The van der Waals surface area contributed by atoms with Crippen LogP contribution in [-0.2, 0) is 23.8 Å². The minimum atomic E-state index is -1.03. The van der Waals surface area contributed by atoms with Crippen LogP contribution < -0.4 is 11.1 Å². The predicted octanol–water partition coefficient (Wildman–Crippen LogP) is 1.57. The van der Waals surface area contributed by atoms with E-state index < -0.39 is 5.54 Å². The van der Waals surface area contributed by atoms with E-state index in [-0.39, 0.29) is 5.91 Å². The van der Waals surface area contributed by atoms with Crippen molar-refractivity contribution in [2.24, 2.45) is 12.8 Å². The van der Waals surface area contributed by atoms with E-state index >= 15 is 0 Å². The molecule has 1 heterocycles. The van der Waals surface area contributed by atoms with Crippen molar-refractivity contribution in [1.82, 2.24) is 15.1 Å². The van der Waals surface area contributed by atoms with E-state index in [0.717, 1.165) is 23.4 Å². The molecule has 5 nitrogen and oxygen atoms in total. The fraction of sp³-hybridized carbons (Fsp3) is 0.412. The van der Waals surface area contributed by atoms with Gasteiger partial charge in [-0.2, -0.15) is 5.10 Å². The molecule has 2 aromatic rings. The lowest BCUT2D eigenvalue weighted by atomic mass is 9.92. The molecule has 3 N–H and O–H groups in total. The molecule has 0 aliphatic rings. The summed E-state index contributed by atoms with van der Waals surface area (Å²) in [6.45, 7) is 6.30. The third-order valence-corrected chi connectivity index (χ3v) is 4.16. The Hall–Kier alpha value is -2.14. The number of rotatable bonds is 5. The van der Waals surface area contributed by atoms with E-state index in [2.05, 4.69) is 10.4 Å². The van der Waals surface area contributed by atoms with Crippen LogP contribution in [0.4, 0.5) is 0 Å². The largest absolute Gasteiger partial charge is 0.354 e. The number of nitrogens with two attached hydrogens (primary N) is 1. The van der Waals surface area contributed by atoms with E-state index in [9.17, 15) is 4.79 Å². The highest BCUT2D eigenvalue weighted by atomic mass is 16.2. The molecule has 1 aromatic carbocycles. The molecule has 0 bridgehead atoms. The van der Waals surface area contributed by atoms with E-state index in [0.29, 0.717) is 6.54 Å². The smallest absolute Gasteiger partial charge is 0.244 e. The van der Waals surface area contributed by atoms with Gasteiger partial charge in [-0.15, -0.1) is 0 Å². The zero-order valence-corrected chi connectivity index (χ0v) is 13.7. The quantitative estimate of drug-likeness (QED) is 0.880. The summed E-state index contributed by atoms with van der Waals surface area (Å²) in [5, 5.41) is 7.32. The molecule has 1 atom stereocenters. The van der Waals surface area contributed by atoms with E-state index in [1.54, 1.807) is 6.92 Å². The maximum Gasteiger partial charge on any atom is 0.244 e. The van der Waals surface area contributed by atoms with Crippen molar-refractivity contribution < 1.29 is 4.79 Å². The highest BCUT2D eigenvalue weighted by Gasteiger charge is 2.29. The molecule has 1 amide bonds. The fourth-order valence-corrected chi connectivity index (χ4v) is 2.58. The standard InChI is InChI=1S/C17H24N4O/c1-12-15(13(2)21(4)20-12)10-11-19-16(22)17(3,18)14-8-6-5-7-9-14/h5-9H,10-11,18H2,1-4H3,(H,19,22). The maximum absolute atomic E-state index is 12.4. The first-order valence-electron chi connectivity index (χ1n) is 7.46. The monoisotopic (exact) mass is 300 g/mol. The van der Waals surface area contributed by atoms with Crippen molar-refractivity contribution in [2.45, 2.75) is 32.7 Å². The molecule has 22 heavy (non-hydrogen) atoms. The number of hydrogen-bond donors (Lipinski definition) is 2. The van der Waals surface area contributed by atoms with Crippen LogP contribution in [0, 0.1) is 13.8 Å². The van der Waals surface area contributed by atoms with Crippen molar-refractivity contribution in [2.75, 3.05) is 6.54 Å². The molecule has 5 heteroatoms. The molecule has 0 spiro atoms. The van der Waals surface area contributed by atoms with Crippen molar-refractivity contribution in [3.8, 4) is 0 Å². The van der Waals surface area contributed by atoms with Gasteiger partial charge in [-0.1, -0.05) is 30.3 Å². The number of hydrogen-bond acceptors (Lipinski definition) is 3. The molecule has 0 radical (unpaired) electrons. The lowest BCUT2D eigenvalue weighted by molar-refractivity contribution is -0.126. The van der Waals surface area contributed by atoms with Crippen LogP contribution in [0.1, 0.15) is 29.4 Å². The number of amides is 1. The van der Waals surface area contributed by atoms with Gasteiger partial charge in [0.1, 0.15) is 5.54 Å². The second kappa shape index (κ2) is 6.32. The third kappa shape index (κ3) is 3.20. The maximum atomic E-state index is 12.4. The Kier molecular flexibility index (Phi) is 4.66. The molecule has 0 fully saturated rings. The van der Waals surface area contributed by atoms with Gasteiger partial charge in [0, 0.05) is 19.3 Å².